The van der Waals surface area contributed by atoms with Crippen LogP contribution in [-0.2, 0) is 6.42 Å². The molecule has 0 radical (unpaired) electrons. The number of anilines is 1. The summed E-state index contributed by atoms with van der Waals surface area (Å²) < 4.78 is 10.6. The van der Waals surface area contributed by atoms with Gasteiger partial charge in [0, 0.05) is 25.3 Å². The second kappa shape index (κ2) is 9.31. The number of ether oxygens (including phenoxy) is 2. The van der Waals surface area contributed by atoms with Gasteiger partial charge in [-0.2, -0.15) is 0 Å². The first kappa shape index (κ1) is 19.1. The molecule has 2 aromatic rings. The van der Waals surface area contributed by atoms with Gasteiger partial charge in [0.05, 0.1) is 14.2 Å². The monoisotopic (exact) mass is 368 g/mol. The minimum absolute atomic E-state index is 0.186. The van der Waals surface area contributed by atoms with E-state index in [0.29, 0.717) is 23.6 Å². The lowest BCUT2D eigenvalue weighted by atomic mass is 10.1. The summed E-state index contributed by atoms with van der Waals surface area (Å²) in [4.78, 5) is 15.0. The lowest BCUT2D eigenvalue weighted by molar-refractivity contribution is 0.0948. The first-order valence-electron chi connectivity index (χ1n) is 9.56. The number of rotatable bonds is 7. The third-order valence-electron chi connectivity index (χ3n) is 5.01. The Kier molecular flexibility index (Phi) is 6.58. The van der Waals surface area contributed by atoms with Gasteiger partial charge in [0.15, 0.2) is 0 Å². The highest BCUT2D eigenvalue weighted by atomic mass is 16.5. The zero-order valence-corrected chi connectivity index (χ0v) is 16.2. The van der Waals surface area contributed by atoms with Gasteiger partial charge in [-0.3, -0.25) is 4.79 Å². The molecule has 1 heterocycles. The van der Waals surface area contributed by atoms with Crippen molar-refractivity contribution in [3.63, 3.8) is 0 Å². The van der Waals surface area contributed by atoms with Crippen LogP contribution >= 0.6 is 0 Å². The van der Waals surface area contributed by atoms with Crippen molar-refractivity contribution in [1.29, 1.82) is 0 Å². The normalized spacial score (nSPS) is 13.9. The molecule has 1 N–H and O–H groups in total. The Hall–Kier alpha value is -2.69. The molecule has 0 unspecified atom stereocenters. The third kappa shape index (κ3) is 4.73. The smallest absolute Gasteiger partial charge is 0.258 e. The van der Waals surface area contributed by atoms with Crippen molar-refractivity contribution in [2.24, 2.45) is 0 Å². The SMILES string of the molecule is COc1cccc(OC)c1C(=O)NCCc1ccc(N2CCCCC2)cc1. The van der Waals surface area contributed by atoms with E-state index in [4.69, 9.17) is 9.47 Å². The zero-order valence-electron chi connectivity index (χ0n) is 16.2. The molecule has 1 aliphatic heterocycles. The van der Waals surface area contributed by atoms with Crippen LogP contribution in [0.15, 0.2) is 42.5 Å². The number of carbonyl (C=O) groups excluding carboxylic acids is 1. The predicted molar refractivity (Wildman–Crippen MR) is 108 cm³/mol. The highest BCUT2D eigenvalue weighted by molar-refractivity contribution is 5.99. The molecule has 0 saturated carbocycles. The number of hydrogen-bond acceptors (Lipinski definition) is 4. The Balaban J connectivity index is 1.56. The Morgan fingerprint density at radius 1 is 0.963 bits per heavy atom. The van der Waals surface area contributed by atoms with E-state index < -0.39 is 0 Å². The molecular formula is C22H28N2O3. The molecular weight excluding hydrogens is 340 g/mol. The summed E-state index contributed by atoms with van der Waals surface area (Å²) in [5.41, 5.74) is 2.94. The average molecular weight is 368 g/mol. The van der Waals surface area contributed by atoms with E-state index in [1.165, 1.54) is 30.5 Å². The average Bonchev–Trinajstić information content (AvgIpc) is 2.74. The Bertz CT molecular complexity index is 730. The molecule has 27 heavy (non-hydrogen) atoms. The van der Waals surface area contributed by atoms with E-state index in [1.807, 2.05) is 0 Å². The van der Waals surface area contributed by atoms with Crippen LogP contribution in [0.25, 0.3) is 0 Å². The van der Waals surface area contributed by atoms with Crippen LogP contribution in [0, 0.1) is 0 Å². The Morgan fingerprint density at radius 3 is 2.19 bits per heavy atom. The summed E-state index contributed by atoms with van der Waals surface area (Å²) in [5, 5.41) is 2.97. The zero-order chi connectivity index (χ0) is 19.1. The third-order valence-corrected chi connectivity index (χ3v) is 5.01. The van der Waals surface area contributed by atoms with Gasteiger partial charge in [0.1, 0.15) is 17.1 Å². The Morgan fingerprint density at radius 2 is 1.59 bits per heavy atom. The summed E-state index contributed by atoms with van der Waals surface area (Å²) >= 11 is 0. The van der Waals surface area contributed by atoms with Gasteiger partial charge >= 0.3 is 0 Å². The number of hydrogen-bond donors (Lipinski definition) is 1. The van der Waals surface area contributed by atoms with Crippen LogP contribution in [0.2, 0.25) is 0 Å². The van der Waals surface area contributed by atoms with Crippen LogP contribution in [0.3, 0.4) is 0 Å². The highest BCUT2D eigenvalue weighted by Gasteiger charge is 2.17. The Labute approximate surface area is 161 Å². The molecule has 1 amide bonds. The quantitative estimate of drug-likeness (QED) is 0.810. The molecule has 1 aliphatic rings. The molecule has 0 atom stereocenters. The van der Waals surface area contributed by atoms with Gasteiger partial charge < -0.3 is 19.7 Å². The van der Waals surface area contributed by atoms with Crippen LogP contribution in [0.1, 0.15) is 35.2 Å². The van der Waals surface area contributed by atoms with E-state index in [1.54, 1.807) is 32.4 Å². The maximum atomic E-state index is 12.6. The molecule has 3 rings (SSSR count). The van der Waals surface area contributed by atoms with Gasteiger partial charge in [-0.15, -0.1) is 0 Å². The van der Waals surface area contributed by atoms with Crippen molar-refractivity contribution in [1.82, 2.24) is 5.32 Å². The molecule has 0 bridgehead atoms. The van der Waals surface area contributed by atoms with Crippen molar-refractivity contribution >= 4 is 11.6 Å². The molecule has 1 fully saturated rings. The second-order valence-electron chi connectivity index (χ2n) is 6.76. The summed E-state index contributed by atoms with van der Waals surface area (Å²) in [5.74, 6) is 0.838. The van der Waals surface area contributed by atoms with Gasteiger partial charge in [-0.25, -0.2) is 0 Å². The summed E-state index contributed by atoms with van der Waals surface area (Å²) in [7, 11) is 3.10. The topological polar surface area (TPSA) is 50.8 Å². The summed E-state index contributed by atoms with van der Waals surface area (Å²) in [6.07, 6.45) is 4.68. The maximum absolute atomic E-state index is 12.6. The van der Waals surface area contributed by atoms with E-state index >= 15 is 0 Å². The minimum Gasteiger partial charge on any atom is -0.496 e. The number of nitrogens with zero attached hydrogens (tertiary/aromatic N) is 1. The molecule has 0 aromatic heterocycles. The number of nitrogens with one attached hydrogen (secondary N) is 1. The van der Waals surface area contributed by atoms with Crippen LogP contribution in [-0.4, -0.2) is 39.8 Å². The molecule has 1 saturated heterocycles. The number of carbonyl (C=O) groups is 1. The lowest BCUT2D eigenvalue weighted by Gasteiger charge is -2.28. The minimum atomic E-state index is -0.186. The molecule has 144 valence electrons. The first-order valence-corrected chi connectivity index (χ1v) is 9.56. The number of piperidine rings is 1. The van der Waals surface area contributed by atoms with E-state index in [-0.39, 0.29) is 5.91 Å². The molecule has 2 aromatic carbocycles. The largest absolute Gasteiger partial charge is 0.496 e. The highest BCUT2D eigenvalue weighted by Crippen LogP contribution is 2.28. The van der Waals surface area contributed by atoms with Crippen molar-refractivity contribution in [3.05, 3.63) is 53.6 Å². The fourth-order valence-electron chi connectivity index (χ4n) is 3.51. The number of amides is 1. The van der Waals surface area contributed by atoms with Crippen LogP contribution < -0.4 is 19.7 Å². The molecule has 5 heteroatoms. The van der Waals surface area contributed by atoms with Crippen molar-refractivity contribution in [2.75, 3.05) is 38.8 Å². The summed E-state index contributed by atoms with van der Waals surface area (Å²) in [6, 6.07) is 14.0. The van der Waals surface area contributed by atoms with Crippen LogP contribution in [0.4, 0.5) is 5.69 Å². The van der Waals surface area contributed by atoms with Crippen molar-refractivity contribution in [3.8, 4) is 11.5 Å². The molecule has 0 aliphatic carbocycles. The van der Waals surface area contributed by atoms with E-state index in [9.17, 15) is 4.79 Å². The number of methoxy groups -OCH3 is 2. The van der Waals surface area contributed by atoms with Gasteiger partial charge in [-0.05, 0) is 55.5 Å². The van der Waals surface area contributed by atoms with Gasteiger partial charge in [-0.1, -0.05) is 18.2 Å². The first-order chi connectivity index (χ1) is 13.2. The maximum Gasteiger partial charge on any atom is 0.258 e. The second-order valence-corrected chi connectivity index (χ2v) is 6.76. The van der Waals surface area contributed by atoms with E-state index in [2.05, 4.69) is 34.5 Å². The van der Waals surface area contributed by atoms with E-state index in [0.717, 1.165) is 19.5 Å². The summed E-state index contributed by atoms with van der Waals surface area (Å²) in [6.45, 7) is 2.86. The fraction of sp³-hybridized carbons (Fsp3) is 0.409. The van der Waals surface area contributed by atoms with Crippen molar-refractivity contribution in [2.45, 2.75) is 25.7 Å². The van der Waals surface area contributed by atoms with Crippen molar-refractivity contribution < 1.29 is 14.3 Å². The molecule has 5 nitrogen and oxygen atoms in total. The predicted octanol–water partition coefficient (Wildman–Crippen LogP) is 3.67. The lowest BCUT2D eigenvalue weighted by Crippen LogP contribution is -2.29. The molecule has 0 spiro atoms. The van der Waals surface area contributed by atoms with Crippen LogP contribution in [0.5, 0.6) is 11.5 Å². The number of benzene rings is 2. The van der Waals surface area contributed by atoms with Gasteiger partial charge in [0.25, 0.3) is 5.91 Å². The van der Waals surface area contributed by atoms with Gasteiger partial charge in [0.2, 0.25) is 0 Å². The standard InChI is InChI=1S/C22H28N2O3/c1-26-19-7-6-8-20(27-2)21(19)22(25)23-14-13-17-9-11-18(12-10-17)24-15-4-3-5-16-24/h6-12H,3-5,13-16H2,1-2H3,(H,23,25). The fourth-order valence-corrected chi connectivity index (χ4v) is 3.51.